The van der Waals surface area contributed by atoms with Gasteiger partial charge in [0.2, 0.25) is 0 Å². The Labute approximate surface area is 229 Å². The minimum atomic E-state index is -1.06. The molecule has 1 aliphatic rings. The number of esters is 1. The summed E-state index contributed by atoms with van der Waals surface area (Å²) in [7, 11) is 0. The summed E-state index contributed by atoms with van der Waals surface area (Å²) >= 11 is 4.61. The van der Waals surface area contributed by atoms with Gasteiger partial charge in [-0.2, -0.15) is 0 Å². The monoisotopic (exact) mass is 592 g/mol. The van der Waals surface area contributed by atoms with Crippen molar-refractivity contribution in [2.24, 2.45) is 4.99 Å². The van der Waals surface area contributed by atoms with E-state index in [9.17, 15) is 19.5 Å². The van der Waals surface area contributed by atoms with E-state index < -0.39 is 18.0 Å². The van der Waals surface area contributed by atoms with Crippen LogP contribution in [0.4, 0.5) is 0 Å². The molecule has 4 aromatic rings. The lowest BCUT2D eigenvalue weighted by Crippen LogP contribution is -2.39. The number of hydrogen-bond donors (Lipinski definition) is 1. The zero-order valence-corrected chi connectivity index (χ0v) is 22.7. The molecule has 0 spiro atoms. The van der Waals surface area contributed by atoms with Crippen molar-refractivity contribution in [1.29, 1.82) is 0 Å². The fourth-order valence-corrected chi connectivity index (χ4v) is 5.63. The molecule has 0 radical (unpaired) electrons. The molecule has 0 fully saturated rings. The van der Waals surface area contributed by atoms with Crippen LogP contribution in [0.3, 0.4) is 0 Å². The second kappa shape index (κ2) is 10.4. The maximum atomic E-state index is 13.7. The van der Waals surface area contributed by atoms with Crippen LogP contribution >= 0.6 is 27.3 Å². The number of fused-ring (bicyclic) bond motifs is 1. The van der Waals surface area contributed by atoms with E-state index in [1.165, 1.54) is 22.0 Å². The molecule has 0 unspecified atom stereocenters. The highest BCUT2D eigenvalue weighted by molar-refractivity contribution is 9.10. The fourth-order valence-electron chi connectivity index (χ4n) is 4.34. The van der Waals surface area contributed by atoms with Gasteiger partial charge in [0.1, 0.15) is 11.5 Å². The van der Waals surface area contributed by atoms with Gasteiger partial charge in [0.15, 0.2) is 4.80 Å². The van der Waals surface area contributed by atoms with Crippen LogP contribution < -0.4 is 14.9 Å². The number of carboxylic acid groups (broad SMARTS) is 1. The first-order valence-corrected chi connectivity index (χ1v) is 13.3. The number of halogens is 1. The van der Waals surface area contributed by atoms with Gasteiger partial charge in [0.25, 0.3) is 5.56 Å². The Bertz CT molecular complexity index is 1780. The zero-order chi connectivity index (χ0) is 27.0. The Hall–Kier alpha value is -4.02. The molecular weight excluding hydrogens is 572 g/mol. The Morgan fingerprint density at radius 1 is 1.16 bits per heavy atom. The number of ether oxygens (including phenoxy) is 1. The van der Waals surface area contributed by atoms with Crippen LogP contribution in [0, 0.1) is 0 Å². The van der Waals surface area contributed by atoms with Crippen LogP contribution in [-0.4, -0.2) is 28.2 Å². The van der Waals surface area contributed by atoms with E-state index in [0.717, 1.165) is 10.0 Å². The summed E-state index contributed by atoms with van der Waals surface area (Å²) in [5.41, 5.74) is 1.74. The molecule has 1 N–H and O–H groups in total. The summed E-state index contributed by atoms with van der Waals surface area (Å²) in [5.74, 6) is -0.835. The lowest BCUT2D eigenvalue weighted by atomic mass is 9.96. The molecule has 192 valence electrons. The number of nitrogens with zero attached hydrogens (tertiary/aromatic N) is 2. The molecule has 0 amide bonds. The van der Waals surface area contributed by atoms with E-state index in [2.05, 4.69) is 20.9 Å². The first kappa shape index (κ1) is 25.6. The molecule has 2 aromatic carbocycles. The summed E-state index contributed by atoms with van der Waals surface area (Å²) < 4.78 is 13.9. The maximum absolute atomic E-state index is 13.7. The number of hydrogen-bond acceptors (Lipinski definition) is 7. The Balaban J connectivity index is 1.64. The van der Waals surface area contributed by atoms with Gasteiger partial charge < -0.3 is 14.3 Å². The van der Waals surface area contributed by atoms with Crippen molar-refractivity contribution >= 4 is 45.3 Å². The van der Waals surface area contributed by atoms with Gasteiger partial charge in [-0.15, -0.1) is 0 Å². The number of aromatic nitrogens is 1. The summed E-state index contributed by atoms with van der Waals surface area (Å²) in [6.45, 7) is 3.65. The molecule has 0 bridgehead atoms. The molecule has 0 saturated carbocycles. The Morgan fingerprint density at radius 3 is 2.61 bits per heavy atom. The van der Waals surface area contributed by atoms with E-state index in [1.54, 1.807) is 50.3 Å². The number of carbonyl (C=O) groups excluding carboxylic acids is 1. The highest BCUT2D eigenvalue weighted by Gasteiger charge is 2.33. The molecule has 2 aromatic heterocycles. The number of allylic oxidation sites excluding steroid dienone is 1. The number of thiazole rings is 1. The maximum Gasteiger partial charge on any atom is 0.338 e. The minimum absolute atomic E-state index is 0.115. The molecule has 8 nitrogen and oxygen atoms in total. The molecule has 0 aliphatic carbocycles. The van der Waals surface area contributed by atoms with Crippen molar-refractivity contribution in [3.8, 4) is 11.3 Å². The molecular formula is C28H21BrN2O6S. The van der Waals surface area contributed by atoms with Crippen LogP contribution in [0.5, 0.6) is 0 Å². The van der Waals surface area contributed by atoms with Crippen molar-refractivity contribution in [2.45, 2.75) is 19.9 Å². The van der Waals surface area contributed by atoms with Gasteiger partial charge in [0, 0.05) is 16.1 Å². The van der Waals surface area contributed by atoms with Gasteiger partial charge in [0.05, 0.1) is 34.0 Å². The molecule has 0 saturated heterocycles. The summed E-state index contributed by atoms with van der Waals surface area (Å²) in [6.07, 6.45) is 1.60. The fraction of sp³-hybridized carbons (Fsp3) is 0.143. The number of rotatable bonds is 6. The average Bonchev–Trinajstić information content (AvgIpc) is 3.48. The Morgan fingerprint density at radius 2 is 1.89 bits per heavy atom. The first-order valence-electron chi connectivity index (χ1n) is 11.7. The largest absolute Gasteiger partial charge is 0.478 e. The van der Waals surface area contributed by atoms with E-state index in [0.29, 0.717) is 37.7 Å². The molecule has 38 heavy (non-hydrogen) atoms. The first-order chi connectivity index (χ1) is 18.3. The molecule has 1 aliphatic heterocycles. The normalized spacial score (nSPS) is 15.2. The lowest BCUT2D eigenvalue weighted by molar-refractivity contribution is -0.139. The van der Waals surface area contributed by atoms with Gasteiger partial charge in [-0.1, -0.05) is 57.6 Å². The third-order valence-corrected chi connectivity index (χ3v) is 7.54. The van der Waals surface area contributed by atoms with Crippen LogP contribution in [0.15, 0.2) is 90.6 Å². The summed E-state index contributed by atoms with van der Waals surface area (Å²) in [4.78, 5) is 43.3. The molecule has 10 heteroatoms. The van der Waals surface area contributed by atoms with Crippen molar-refractivity contribution in [2.75, 3.05) is 6.61 Å². The van der Waals surface area contributed by atoms with Gasteiger partial charge in [-0.3, -0.25) is 9.36 Å². The molecule has 1 atom stereocenters. The topological polar surface area (TPSA) is 111 Å². The highest BCUT2D eigenvalue weighted by Crippen LogP contribution is 2.31. The standard InChI is InChI=1S/C28H21BrN2O6S/c1-3-36-27(35)23-15(2)30-28-31(24(23)16-8-10-17(29)11-9-16)25(32)22(38-28)14-18-12-13-21(37-18)19-6-4-5-7-20(19)26(33)34/h4-14,24H,3H2,1-2H3,(H,33,34)/t24-/m0/s1. The lowest BCUT2D eigenvalue weighted by Gasteiger charge is -2.24. The van der Waals surface area contributed by atoms with Crippen LogP contribution in [0.2, 0.25) is 0 Å². The van der Waals surface area contributed by atoms with Crippen LogP contribution in [0.1, 0.15) is 41.6 Å². The number of carboxylic acids is 1. The smallest absolute Gasteiger partial charge is 0.338 e. The van der Waals surface area contributed by atoms with Crippen molar-refractivity contribution < 1.29 is 23.8 Å². The van der Waals surface area contributed by atoms with Crippen molar-refractivity contribution in [3.05, 3.63) is 113 Å². The minimum Gasteiger partial charge on any atom is -0.478 e. The molecule has 3 heterocycles. The third-order valence-electron chi connectivity index (χ3n) is 6.03. The van der Waals surface area contributed by atoms with Crippen LogP contribution in [-0.2, 0) is 9.53 Å². The number of carbonyl (C=O) groups is 2. The van der Waals surface area contributed by atoms with Gasteiger partial charge in [-0.05, 0) is 49.7 Å². The van der Waals surface area contributed by atoms with E-state index >= 15 is 0 Å². The SMILES string of the molecule is CCOC(=O)C1=C(C)N=c2sc(=Cc3ccc(-c4ccccc4C(=O)O)o3)c(=O)n2[C@H]1c1ccc(Br)cc1. The quantitative estimate of drug-likeness (QED) is 0.329. The van der Waals surface area contributed by atoms with Crippen molar-refractivity contribution in [3.63, 3.8) is 0 Å². The average molecular weight is 593 g/mol. The predicted octanol–water partition coefficient (Wildman–Crippen LogP) is 4.52. The number of furan rings is 1. The highest BCUT2D eigenvalue weighted by atomic mass is 79.9. The van der Waals surface area contributed by atoms with Crippen LogP contribution in [0.25, 0.3) is 17.4 Å². The second-order valence-electron chi connectivity index (χ2n) is 8.41. The summed E-state index contributed by atoms with van der Waals surface area (Å²) in [5, 5.41) is 9.51. The third kappa shape index (κ3) is 4.68. The molecule has 5 rings (SSSR count). The van der Waals surface area contributed by atoms with E-state index in [-0.39, 0.29) is 17.7 Å². The van der Waals surface area contributed by atoms with E-state index in [4.69, 9.17) is 9.15 Å². The van der Waals surface area contributed by atoms with E-state index in [1.807, 2.05) is 24.3 Å². The number of aromatic carboxylic acids is 1. The van der Waals surface area contributed by atoms with Crippen molar-refractivity contribution in [1.82, 2.24) is 4.57 Å². The number of benzene rings is 2. The van der Waals surface area contributed by atoms with Gasteiger partial charge in [-0.25, -0.2) is 14.6 Å². The van der Waals surface area contributed by atoms with Gasteiger partial charge >= 0.3 is 11.9 Å². The zero-order valence-electron chi connectivity index (χ0n) is 20.3. The second-order valence-corrected chi connectivity index (χ2v) is 10.3. The predicted molar refractivity (Wildman–Crippen MR) is 146 cm³/mol. The summed E-state index contributed by atoms with van der Waals surface area (Å²) in [6, 6.07) is 16.6. The Kier molecular flexibility index (Phi) is 7.00.